The molecule has 3 rings (SSSR count). The Morgan fingerprint density at radius 3 is 2.52 bits per heavy atom. The first-order chi connectivity index (χ1) is 15.9. The lowest BCUT2D eigenvalue weighted by molar-refractivity contribution is -0.142. The molecule has 7 nitrogen and oxygen atoms in total. The van der Waals surface area contributed by atoms with E-state index in [-0.39, 0.29) is 31.0 Å². The summed E-state index contributed by atoms with van der Waals surface area (Å²) < 4.78 is 35.5. The molecular formula is C24H24FNO6S. The van der Waals surface area contributed by atoms with Crippen molar-refractivity contribution in [3.63, 3.8) is 0 Å². The summed E-state index contributed by atoms with van der Waals surface area (Å²) in [5.41, 5.74) is 0.953. The largest absolute Gasteiger partial charge is 0.493 e. The molecule has 1 aromatic heterocycles. The molecule has 1 heterocycles. The fraction of sp³-hybridized carbons (Fsp3) is 0.292. The Hall–Kier alpha value is -3.46. The van der Waals surface area contributed by atoms with E-state index < -0.39 is 5.82 Å². The fourth-order valence-corrected chi connectivity index (χ4v) is 3.98. The van der Waals surface area contributed by atoms with Crippen LogP contribution in [0.2, 0.25) is 0 Å². The summed E-state index contributed by atoms with van der Waals surface area (Å²) in [6.07, 6.45) is 0.0703. The molecule has 0 aliphatic carbocycles. The van der Waals surface area contributed by atoms with E-state index in [1.165, 1.54) is 43.8 Å². The maximum Gasteiger partial charge on any atom is 0.311 e. The average molecular weight is 474 g/mol. The van der Waals surface area contributed by atoms with E-state index in [0.717, 1.165) is 0 Å². The standard InChI is InChI=1S/C24H24FNO6S/c1-4-31-23(28)12-17-14-33-22(26-17)13-18(27)11-15-10-16(25)8-9-19(15)32-21-7-5-6-20(29-2)24(21)30-3/h5-10,14H,4,11-13H2,1-3H3. The van der Waals surface area contributed by atoms with Gasteiger partial charge in [0, 0.05) is 17.4 Å². The highest BCUT2D eigenvalue weighted by Crippen LogP contribution is 2.40. The van der Waals surface area contributed by atoms with Gasteiger partial charge in [-0.25, -0.2) is 9.37 Å². The molecule has 0 fully saturated rings. The number of halogens is 1. The number of nitrogens with zero attached hydrogens (tertiary/aromatic N) is 1. The SMILES string of the molecule is CCOC(=O)Cc1csc(CC(=O)Cc2cc(F)ccc2Oc2cccc(OC)c2OC)n1. The molecule has 2 aromatic carbocycles. The first-order valence-corrected chi connectivity index (χ1v) is 11.1. The zero-order valence-electron chi connectivity index (χ0n) is 18.6. The second kappa shape index (κ2) is 11.4. The predicted molar refractivity (Wildman–Crippen MR) is 121 cm³/mol. The third kappa shape index (κ3) is 6.52. The number of aromatic nitrogens is 1. The lowest BCUT2D eigenvalue weighted by Crippen LogP contribution is -2.09. The molecule has 0 aliphatic rings. The van der Waals surface area contributed by atoms with Crippen molar-refractivity contribution in [2.24, 2.45) is 0 Å². The number of benzene rings is 2. The summed E-state index contributed by atoms with van der Waals surface area (Å²) in [7, 11) is 3.00. The number of hydrogen-bond donors (Lipinski definition) is 0. The van der Waals surface area contributed by atoms with Crippen LogP contribution in [0.15, 0.2) is 41.8 Å². The van der Waals surface area contributed by atoms with Crippen molar-refractivity contribution in [2.45, 2.75) is 26.2 Å². The van der Waals surface area contributed by atoms with Crippen LogP contribution in [0, 0.1) is 5.82 Å². The van der Waals surface area contributed by atoms with Crippen LogP contribution in [0.1, 0.15) is 23.2 Å². The summed E-state index contributed by atoms with van der Waals surface area (Å²) in [5, 5.41) is 2.30. The van der Waals surface area contributed by atoms with Crippen molar-refractivity contribution in [3.05, 3.63) is 63.9 Å². The zero-order valence-corrected chi connectivity index (χ0v) is 19.4. The number of carbonyl (C=O) groups excluding carboxylic acids is 2. The Kier molecular flexibility index (Phi) is 8.37. The third-order valence-electron chi connectivity index (χ3n) is 4.58. The first-order valence-electron chi connectivity index (χ1n) is 10.2. The van der Waals surface area contributed by atoms with Crippen LogP contribution in [0.5, 0.6) is 23.0 Å². The van der Waals surface area contributed by atoms with Gasteiger partial charge in [0.1, 0.15) is 22.4 Å². The van der Waals surface area contributed by atoms with Crippen molar-refractivity contribution in [1.82, 2.24) is 4.98 Å². The number of ether oxygens (including phenoxy) is 4. The molecule has 0 spiro atoms. The molecule has 0 unspecified atom stereocenters. The molecule has 0 N–H and O–H groups in total. The van der Waals surface area contributed by atoms with E-state index in [2.05, 4.69) is 4.98 Å². The number of carbonyl (C=O) groups is 2. The molecule has 0 saturated carbocycles. The van der Waals surface area contributed by atoms with Gasteiger partial charge in [-0.15, -0.1) is 11.3 Å². The molecular weight excluding hydrogens is 449 g/mol. The van der Waals surface area contributed by atoms with Crippen LogP contribution in [-0.2, 0) is 33.6 Å². The van der Waals surface area contributed by atoms with E-state index in [9.17, 15) is 14.0 Å². The van der Waals surface area contributed by atoms with Gasteiger partial charge in [-0.1, -0.05) is 6.07 Å². The minimum absolute atomic E-state index is 0.0494. The van der Waals surface area contributed by atoms with Crippen LogP contribution in [0.25, 0.3) is 0 Å². The van der Waals surface area contributed by atoms with Crippen molar-refractivity contribution in [1.29, 1.82) is 0 Å². The van der Waals surface area contributed by atoms with E-state index in [1.807, 2.05) is 0 Å². The monoisotopic (exact) mass is 473 g/mol. The van der Waals surface area contributed by atoms with Gasteiger partial charge in [-0.05, 0) is 37.3 Å². The number of para-hydroxylation sites is 1. The van der Waals surface area contributed by atoms with Crippen LogP contribution in [0.3, 0.4) is 0 Å². The Bertz CT molecular complexity index is 1130. The van der Waals surface area contributed by atoms with Crippen molar-refractivity contribution in [2.75, 3.05) is 20.8 Å². The van der Waals surface area contributed by atoms with E-state index in [4.69, 9.17) is 18.9 Å². The second-order valence-corrected chi connectivity index (χ2v) is 7.90. The first kappa shape index (κ1) is 24.2. The van der Waals surface area contributed by atoms with Crippen molar-refractivity contribution < 1.29 is 32.9 Å². The second-order valence-electron chi connectivity index (χ2n) is 6.95. The normalized spacial score (nSPS) is 10.5. The maximum atomic E-state index is 13.9. The number of ketones is 1. The number of thiazole rings is 1. The highest BCUT2D eigenvalue weighted by molar-refractivity contribution is 7.09. The summed E-state index contributed by atoms with van der Waals surface area (Å²) in [4.78, 5) is 28.6. The number of Topliss-reactive ketones (excluding diaryl/α,β-unsaturated/α-hetero) is 1. The summed E-state index contributed by atoms with van der Waals surface area (Å²) in [6, 6.07) is 9.16. The van der Waals surface area contributed by atoms with Crippen LogP contribution in [0.4, 0.5) is 4.39 Å². The topological polar surface area (TPSA) is 84.0 Å². The third-order valence-corrected chi connectivity index (χ3v) is 5.47. The van der Waals surface area contributed by atoms with Crippen LogP contribution in [-0.4, -0.2) is 37.6 Å². The highest BCUT2D eigenvalue weighted by Gasteiger charge is 2.17. The van der Waals surface area contributed by atoms with Gasteiger partial charge in [0.25, 0.3) is 0 Å². The Morgan fingerprint density at radius 1 is 1.00 bits per heavy atom. The van der Waals surface area contributed by atoms with Crippen LogP contribution >= 0.6 is 11.3 Å². The van der Waals surface area contributed by atoms with Gasteiger partial charge in [0.15, 0.2) is 11.5 Å². The molecule has 0 amide bonds. The van der Waals surface area contributed by atoms with E-state index in [1.54, 1.807) is 30.5 Å². The molecule has 9 heteroatoms. The Morgan fingerprint density at radius 2 is 1.79 bits per heavy atom. The summed E-state index contributed by atoms with van der Waals surface area (Å²) in [5.74, 6) is 0.568. The molecule has 0 radical (unpaired) electrons. The quantitative estimate of drug-likeness (QED) is 0.378. The Labute approximate surface area is 195 Å². The Balaban J connectivity index is 1.73. The zero-order chi connectivity index (χ0) is 23.8. The molecule has 0 atom stereocenters. The smallest absolute Gasteiger partial charge is 0.311 e. The lowest BCUT2D eigenvalue weighted by atomic mass is 10.1. The maximum absolute atomic E-state index is 13.9. The van der Waals surface area contributed by atoms with Gasteiger partial charge in [-0.2, -0.15) is 0 Å². The van der Waals surface area contributed by atoms with E-state index in [0.29, 0.717) is 45.9 Å². The van der Waals surface area contributed by atoms with Gasteiger partial charge in [-0.3, -0.25) is 9.59 Å². The van der Waals surface area contributed by atoms with Gasteiger partial charge < -0.3 is 18.9 Å². The van der Waals surface area contributed by atoms with Crippen LogP contribution < -0.4 is 14.2 Å². The van der Waals surface area contributed by atoms with Gasteiger partial charge in [0.05, 0.1) is 39.4 Å². The number of methoxy groups -OCH3 is 2. The van der Waals surface area contributed by atoms with E-state index >= 15 is 0 Å². The molecule has 0 saturated heterocycles. The molecule has 33 heavy (non-hydrogen) atoms. The molecule has 3 aromatic rings. The predicted octanol–water partition coefficient (Wildman–Crippen LogP) is 4.55. The number of hydrogen-bond acceptors (Lipinski definition) is 8. The summed E-state index contributed by atoms with van der Waals surface area (Å²) in [6.45, 7) is 2.03. The fourth-order valence-electron chi connectivity index (χ4n) is 3.16. The molecule has 174 valence electrons. The number of rotatable bonds is 11. The molecule has 0 bridgehead atoms. The van der Waals surface area contributed by atoms with Crippen molar-refractivity contribution in [3.8, 4) is 23.0 Å². The average Bonchev–Trinajstić information content (AvgIpc) is 3.21. The summed E-state index contributed by atoms with van der Waals surface area (Å²) >= 11 is 1.29. The van der Waals surface area contributed by atoms with Crippen molar-refractivity contribution >= 4 is 23.1 Å². The van der Waals surface area contributed by atoms with Gasteiger partial charge in [0.2, 0.25) is 5.75 Å². The minimum Gasteiger partial charge on any atom is -0.493 e. The lowest BCUT2D eigenvalue weighted by Gasteiger charge is -2.15. The number of esters is 1. The molecule has 0 aliphatic heterocycles. The minimum atomic E-state index is -0.478. The van der Waals surface area contributed by atoms with Gasteiger partial charge >= 0.3 is 5.97 Å². The highest BCUT2D eigenvalue weighted by atomic mass is 32.1.